The van der Waals surface area contributed by atoms with E-state index in [4.69, 9.17) is 0 Å². The molecule has 0 aliphatic heterocycles. The molecule has 142 valence electrons. The molecule has 2 heterocycles. The normalized spacial score (nSPS) is 11.4. The lowest BCUT2D eigenvalue weighted by atomic mass is 10.1. The number of aryl methyl sites for hydroxylation is 2. The Bertz CT molecular complexity index is 1110. The quantitative estimate of drug-likeness (QED) is 0.616. The van der Waals surface area contributed by atoms with E-state index in [9.17, 15) is 8.42 Å². The van der Waals surface area contributed by atoms with Gasteiger partial charge in [0.15, 0.2) is 15.7 Å². The fourth-order valence-electron chi connectivity index (χ4n) is 2.51. The average molecular weight is 386 g/mol. The van der Waals surface area contributed by atoms with E-state index in [1.54, 1.807) is 24.4 Å². The van der Waals surface area contributed by atoms with E-state index in [1.807, 2.05) is 27.7 Å². The molecule has 2 aromatic heterocycles. The molecule has 3 N–H and O–H groups in total. The zero-order chi connectivity index (χ0) is 19.8. The standard InChI is InChI=1S/C18H22N6O2S/c1-10-8-14(27(5,25)26)9-15(11(10)2)20-18-19-7-6-16(22-18)21-17-12(3)13(4)23-24-17/h6-9H,1-5H3,(H3,19,20,21,22,23,24). The van der Waals surface area contributed by atoms with E-state index in [0.29, 0.717) is 23.3 Å². The smallest absolute Gasteiger partial charge is 0.229 e. The van der Waals surface area contributed by atoms with Crippen molar-refractivity contribution in [3.8, 4) is 0 Å². The minimum atomic E-state index is -3.31. The second-order valence-corrected chi connectivity index (χ2v) is 8.54. The van der Waals surface area contributed by atoms with Gasteiger partial charge in [0.25, 0.3) is 0 Å². The zero-order valence-corrected chi connectivity index (χ0v) is 16.7. The number of hydrogen-bond acceptors (Lipinski definition) is 7. The van der Waals surface area contributed by atoms with Crippen molar-refractivity contribution in [3.05, 3.63) is 46.8 Å². The topological polar surface area (TPSA) is 113 Å². The first kappa shape index (κ1) is 18.8. The molecular weight excluding hydrogens is 364 g/mol. The number of hydrogen-bond donors (Lipinski definition) is 3. The number of nitrogens with one attached hydrogen (secondary N) is 3. The summed E-state index contributed by atoms with van der Waals surface area (Å²) < 4.78 is 23.8. The molecule has 3 aromatic rings. The third-order valence-corrected chi connectivity index (χ3v) is 5.56. The van der Waals surface area contributed by atoms with Crippen molar-refractivity contribution < 1.29 is 8.42 Å². The lowest BCUT2D eigenvalue weighted by molar-refractivity contribution is 0.602. The van der Waals surface area contributed by atoms with Crippen LogP contribution in [0, 0.1) is 27.7 Å². The van der Waals surface area contributed by atoms with Gasteiger partial charge in [-0.2, -0.15) is 10.1 Å². The van der Waals surface area contributed by atoms with Gasteiger partial charge in [0.2, 0.25) is 5.95 Å². The van der Waals surface area contributed by atoms with Gasteiger partial charge < -0.3 is 10.6 Å². The maximum Gasteiger partial charge on any atom is 0.229 e. The van der Waals surface area contributed by atoms with Crippen molar-refractivity contribution in [3.63, 3.8) is 0 Å². The number of sulfone groups is 1. The van der Waals surface area contributed by atoms with Crippen LogP contribution in [0.4, 0.5) is 23.3 Å². The Morgan fingerprint density at radius 2 is 1.78 bits per heavy atom. The third kappa shape index (κ3) is 4.08. The van der Waals surface area contributed by atoms with Crippen LogP contribution in [0.2, 0.25) is 0 Å². The summed E-state index contributed by atoms with van der Waals surface area (Å²) in [5, 5.41) is 13.4. The van der Waals surface area contributed by atoms with Crippen molar-refractivity contribution in [2.75, 3.05) is 16.9 Å². The van der Waals surface area contributed by atoms with Crippen LogP contribution in [-0.2, 0) is 9.84 Å². The Labute approximate surface area is 158 Å². The zero-order valence-electron chi connectivity index (χ0n) is 15.9. The lowest BCUT2D eigenvalue weighted by Gasteiger charge is -2.13. The number of aromatic amines is 1. The molecule has 0 saturated heterocycles. The molecule has 0 radical (unpaired) electrons. The van der Waals surface area contributed by atoms with Crippen molar-refractivity contribution in [2.45, 2.75) is 32.6 Å². The Hall–Kier alpha value is -2.94. The van der Waals surface area contributed by atoms with Crippen molar-refractivity contribution in [2.24, 2.45) is 0 Å². The summed E-state index contributed by atoms with van der Waals surface area (Å²) in [5.74, 6) is 1.64. The molecule has 27 heavy (non-hydrogen) atoms. The van der Waals surface area contributed by atoms with Crippen LogP contribution in [0.5, 0.6) is 0 Å². The summed E-state index contributed by atoms with van der Waals surface area (Å²) in [6, 6.07) is 5.00. The number of H-pyrrole nitrogens is 1. The van der Waals surface area contributed by atoms with E-state index >= 15 is 0 Å². The summed E-state index contributed by atoms with van der Waals surface area (Å²) >= 11 is 0. The van der Waals surface area contributed by atoms with Gasteiger partial charge in [-0.25, -0.2) is 13.4 Å². The second-order valence-electron chi connectivity index (χ2n) is 6.52. The second kappa shape index (κ2) is 6.99. The molecule has 9 heteroatoms. The Morgan fingerprint density at radius 1 is 1.04 bits per heavy atom. The van der Waals surface area contributed by atoms with E-state index < -0.39 is 9.84 Å². The van der Waals surface area contributed by atoms with Crippen LogP contribution >= 0.6 is 0 Å². The molecule has 0 saturated carbocycles. The first-order chi connectivity index (χ1) is 12.6. The first-order valence-corrected chi connectivity index (χ1v) is 10.2. The lowest BCUT2D eigenvalue weighted by Crippen LogP contribution is -2.05. The largest absolute Gasteiger partial charge is 0.324 e. The van der Waals surface area contributed by atoms with Gasteiger partial charge in [0, 0.05) is 29.4 Å². The van der Waals surface area contributed by atoms with Crippen LogP contribution in [-0.4, -0.2) is 34.8 Å². The Kier molecular flexibility index (Phi) is 4.88. The molecule has 0 atom stereocenters. The molecule has 0 fully saturated rings. The Morgan fingerprint density at radius 3 is 2.41 bits per heavy atom. The van der Waals surface area contributed by atoms with Crippen LogP contribution in [0.3, 0.4) is 0 Å². The summed E-state index contributed by atoms with van der Waals surface area (Å²) in [7, 11) is -3.31. The number of benzene rings is 1. The van der Waals surface area contributed by atoms with Gasteiger partial charge in [-0.15, -0.1) is 0 Å². The highest BCUT2D eigenvalue weighted by Crippen LogP contribution is 2.26. The van der Waals surface area contributed by atoms with Crippen LogP contribution in [0.1, 0.15) is 22.4 Å². The maximum absolute atomic E-state index is 11.9. The first-order valence-electron chi connectivity index (χ1n) is 8.35. The molecule has 0 aliphatic carbocycles. The third-order valence-electron chi connectivity index (χ3n) is 4.47. The van der Waals surface area contributed by atoms with Gasteiger partial charge >= 0.3 is 0 Å². The highest BCUT2D eigenvalue weighted by Gasteiger charge is 2.13. The Balaban J connectivity index is 1.91. The fraction of sp³-hybridized carbons (Fsp3) is 0.278. The van der Waals surface area contributed by atoms with Crippen molar-refractivity contribution >= 4 is 33.1 Å². The average Bonchev–Trinajstić information content (AvgIpc) is 2.90. The molecule has 3 rings (SSSR count). The number of anilines is 4. The van der Waals surface area contributed by atoms with Crippen LogP contribution in [0.25, 0.3) is 0 Å². The van der Waals surface area contributed by atoms with E-state index in [-0.39, 0.29) is 4.90 Å². The van der Waals surface area contributed by atoms with Crippen molar-refractivity contribution in [1.29, 1.82) is 0 Å². The van der Waals surface area contributed by atoms with Crippen LogP contribution < -0.4 is 10.6 Å². The van der Waals surface area contributed by atoms with Gasteiger partial charge in [0.05, 0.1) is 4.90 Å². The SMILES string of the molecule is Cc1cc(S(C)(=O)=O)cc(Nc2nccc(Nc3n[nH]c(C)c3C)n2)c1C. The molecular formula is C18H22N6O2S. The summed E-state index contributed by atoms with van der Waals surface area (Å²) in [6.45, 7) is 7.70. The molecule has 0 amide bonds. The van der Waals surface area contributed by atoms with E-state index in [0.717, 1.165) is 22.4 Å². The minimum absolute atomic E-state index is 0.255. The van der Waals surface area contributed by atoms with E-state index in [2.05, 4.69) is 30.8 Å². The summed E-state index contributed by atoms with van der Waals surface area (Å²) in [6.07, 6.45) is 2.81. The minimum Gasteiger partial charge on any atom is -0.324 e. The van der Waals surface area contributed by atoms with Gasteiger partial charge in [-0.3, -0.25) is 5.10 Å². The molecule has 0 unspecified atom stereocenters. The molecule has 0 bridgehead atoms. The highest BCUT2D eigenvalue weighted by molar-refractivity contribution is 7.90. The summed E-state index contributed by atoms with van der Waals surface area (Å²) in [4.78, 5) is 8.92. The fourth-order valence-corrected chi connectivity index (χ4v) is 3.23. The molecule has 8 nitrogen and oxygen atoms in total. The predicted molar refractivity (Wildman–Crippen MR) is 106 cm³/mol. The predicted octanol–water partition coefficient (Wildman–Crippen LogP) is 3.32. The van der Waals surface area contributed by atoms with Gasteiger partial charge in [0.1, 0.15) is 5.82 Å². The highest BCUT2D eigenvalue weighted by atomic mass is 32.2. The van der Waals surface area contributed by atoms with Crippen molar-refractivity contribution in [1.82, 2.24) is 20.2 Å². The van der Waals surface area contributed by atoms with Gasteiger partial charge in [-0.05, 0) is 57.0 Å². The van der Waals surface area contributed by atoms with Gasteiger partial charge in [-0.1, -0.05) is 0 Å². The molecule has 1 aromatic carbocycles. The number of nitrogens with zero attached hydrogens (tertiary/aromatic N) is 3. The van der Waals surface area contributed by atoms with E-state index in [1.165, 1.54) is 6.26 Å². The van der Waals surface area contributed by atoms with Crippen LogP contribution in [0.15, 0.2) is 29.3 Å². The summed E-state index contributed by atoms with van der Waals surface area (Å²) in [5.41, 5.74) is 4.45. The maximum atomic E-state index is 11.9. The molecule has 0 spiro atoms. The number of rotatable bonds is 5. The molecule has 0 aliphatic rings. The number of aromatic nitrogens is 4. The monoisotopic (exact) mass is 386 g/mol.